The third-order valence-electron chi connectivity index (χ3n) is 5.46. The minimum atomic E-state index is -0.144. The van der Waals surface area contributed by atoms with Crippen LogP contribution in [0.25, 0.3) is 0 Å². The second-order valence-corrected chi connectivity index (χ2v) is 7.42. The third-order valence-corrected chi connectivity index (χ3v) is 5.46. The van der Waals surface area contributed by atoms with Crippen LogP contribution < -0.4 is 15.1 Å². The number of nitrogens with one attached hydrogen (secondary N) is 1. The van der Waals surface area contributed by atoms with Crippen molar-refractivity contribution in [1.82, 2.24) is 15.3 Å². The van der Waals surface area contributed by atoms with Crippen LogP contribution in [0.15, 0.2) is 30.6 Å². The number of hydrogen-bond donors (Lipinski definition) is 1. The first-order valence-electron chi connectivity index (χ1n) is 10.3. The van der Waals surface area contributed by atoms with Gasteiger partial charge in [-0.2, -0.15) is 0 Å². The molecule has 2 heterocycles. The highest BCUT2D eigenvalue weighted by Crippen LogP contribution is 2.24. The Labute approximate surface area is 168 Å². The number of hydrogen-bond acceptors (Lipinski definition) is 5. The molecule has 0 atom stereocenters. The van der Waals surface area contributed by atoms with Crippen LogP contribution >= 0.6 is 0 Å². The largest absolute Gasteiger partial charge is 0.368 e. The summed E-state index contributed by atoms with van der Waals surface area (Å²) in [6.45, 7) is 10.9. The highest BCUT2D eigenvalue weighted by atomic mass is 16.1. The van der Waals surface area contributed by atoms with Gasteiger partial charge in [-0.3, -0.25) is 4.79 Å². The number of anilines is 2. The highest BCUT2D eigenvalue weighted by molar-refractivity contribution is 5.91. The molecule has 0 saturated carbocycles. The van der Waals surface area contributed by atoms with Gasteiger partial charge in [-0.05, 0) is 37.5 Å². The van der Waals surface area contributed by atoms with E-state index in [2.05, 4.69) is 64.1 Å². The van der Waals surface area contributed by atoms with E-state index in [1.54, 1.807) is 12.4 Å². The average Bonchev–Trinajstić information content (AvgIpc) is 2.73. The van der Waals surface area contributed by atoms with Crippen molar-refractivity contribution < 1.29 is 4.79 Å². The molecule has 3 rings (SSSR count). The van der Waals surface area contributed by atoms with Gasteiger partial charge in [0.05, 0.1) is 12.4 Å². The summed E-state index contributed by atoms with van der Waals surface area (Å²) in [5.74, 6) is 0.693. The lowest BCUT2D eigenvalue weighted by molar-refractivity contribution is 0.0947. The summed E-state index contributed by atoms with van der Waals surface area (Å²) >= 11 is 0. The second-order valence-electron chi connectivity index (χ2n) is 7.42. The van der Waals surface area contributed by atoms with Crippen LogP contribution in [0.1, 0.15) is 47.8 Å². The predicted molar refractivity (Wildman–Crippen MR) is 114 cm³/mol. The molecule has 0 spiro atoms. The van der Waals surface area contributed by atoms with E-state index in [4.69, 9.17) is 0 Å². The van der Waals surface area contributed by atoms with E-state index in [-0.39, 0.29) is 5.91 Å². The number of aryl methyl sites for hydroxylation is 1. The monoisotopic (exact) mass is 381 g/mol. The van der Waals surface area contributed by atoms with Crippen molar-refractivity contribution in [3.8, 4) is 0 Å². The zero-order valence-corrected chi connectivity index (χ0v) is 17.2. The molecule has 1 aromatic carbocycles. The summed E-state index contributed by atoms with van der Waals surface area (Å²) < 4.78 is 0. The number of carbonyl (C=O) groups excluding carboxylic acids is 1. The summed E-state index contributed by atoms with van der Waals surface area (Å²) in [5.41, 5.74) is 4.38. The molecule has 0 radical (unpaired) electrons. The molecule has 2 aromatic rings. The van der Waals surface area contributed by atoms with Gasteiger partial charge in [0.2, 0.25) is 0 Å². The number of aromatic nitrogens is 2. The van der Waals surface area contributed by atoms with Crippen molar-refractivity contribution in [2.24, 2.45) is 0 Å². The fourth-order valence-corrected chi connectivity index (χ4v) is 3.52. The standard InChI is InChI=1S/C22H31N5O/c1-4-5-6-10-23-22(28)19-15-25-21(16-24-19)27-13-11-26(12-14-27)20-9-7-8-17(2)18(20)3/h7-9,15-16H,4-6,10-14H2,1-3H3,(H,23,28). The number of rotatable bonds is 7. The molecular formula is C22H31N5O. The van der Waals surface area contributed by atoms with Gasteiger partial charge in [-0.15, -0.1) is 0 Å². The van der Waals surface area contributed by atoms with E-state index in [0.717, 1.165) is 51.3 Å². The van der Waals surface area contributed by atoms with E-state index in [1.807, 2.05) is 0 Å². The lowest BCUT2D eigenvalue weighted by atomic mass is 10.1. The molecule has 1 amide bonds. The van der Waals surface area contributed by atoms with Gasteiger partial charge in [0.1, 0.15) is 11.5 Å². The number of carbonyl (C=O) groups is 1. The Morgan fingerprint density at radius 3 is 2.46 bits per heavy atom. The van der Waals surface area contributed by atoms with Crippen LogP contribution in [0.4, 0.5) is 11.5 Å². The number of benzene rings is 1. The van der Waals surface area contributed by atoms with Crippen LogP contribution in [0, 0.1) is 13.8 Å². The molecule has 0 unspecified atom stereocenters. The average molecular weight is 382 g/mol. The van der Waals surface area contributed by atoms with Gasteiger partial charge in [0, 0.05) is 38.4 Å². The van der Waals surface area contributed by atoms with Gasteiger partial charge in [0.15, 0.2) is 0 Å². The van der Waals surface area contributed by atoms with Crippen molar-refractivity contribution >= 4 is 17.4 Å². The first-order valence-corrected chi connectivity index (χ1v) is 10.3. The molecule has 6 nitrogen and oxygen atoms in total. The van der Waals surface area contributed by atoms with Gasteiger partial charge in [-0.1, -0.05) is 31.9 Å². The maximum atomic E-state index is 12.1. The van der Waals surface area contributed by atoms with E-state index < -0.39 is 0 Å². The summed E-state index contributed by atoms with van der Waals surface area (Å²) in [7, 11) is 0. The fraction of sp³-hybridized carbons (Fsp3) is 0.500. The molecule has 1 fully saturated rings. The molecule has 1 N–H and O–H groups in total. The number of nitrogens with zero attached hydrogens (tertiary/aromatic N) is 4. The zero-order valence-electron chi connectivity index (χ0n) is 17.2. The molecule has 1 saturated heterocycles. The molecular weight excluding hydrogens is 350 g/mol. The summed E-state index contributed by atoms with van der Waals surface area (Å²) in [6.07, 6.45) is 6.56. The van der Waals surface area contributed by atoms with Gasteiger partial charge in [0.25, 0.3) is 5.91 Å². The van der Waals surface area contributed by atoms with Crippen molar-refractivity contribution in [3.63, 3.8) is 0 Å². The Balaban J connectivity index is 1.54. The molecule has 1 aliphatic rings. The highest BCUT2D eigenvalue weighted by Gasteiger charge is 2.20. The Bertz CT molecular complexity index is 782. The summed E-state index contributed by atoms with van der Waals surface area (Å²) in [4.78, 5) is 25.6. The van der Waals surface area contributed by atoms with Crippen molar-refractivity contribution in [3.05, 3.63) is 47.4 Å². The molecule has 6 heteroatoms. The smallest absolute Gasteiger partial charge is 0.271 e. The third kappa shape index (κ3) is 4.80. The van der Waals surface area contributed by atoms with E-state index >= 15 is 0 Å². The minimum absolute atomic E-state index is 0.144. The maximum absolute atomic E-state index is 12.1. The van der Waals surface area contributed by atoms with Crippen LogP contribution in [0.3, 0.4) is 0 Å². The van der Waals surface area contributed by atoms with Gasteiger partial charge < -0.3 is 15.1 Å². The first-order chi connectivity index (χ1) is 13.6. The Kier molecular flexibility index (Phi) is 6.85. The van der Waals surface area contributed by atoms with Crippen molar-refractivity contribution in [2.45, 2.75) is 40.0 Å². The van der Waals surface area contributed by atoms with Crippen molar-refractivity contribution in [2.75, 3.05) is 42.5 Å². The van der Waals surface area contributed by atoms with Crippen LogP contribution in [-0.4, -0.2) is 48.6 Å². The SMILES string of the molecule is CCCCCNC(=O)c1cnc(N2CCN(c3cccc(C)c3C)CC2)cn1. The van der Waals surface area contributed by atoms with Crippen molar-refractivity contribution in [1.29, 1.82) is 0 Å². The quantitative estimate of drug-likeness (QED) is 0.746. The van der Waals surface area contributed by atoms with E-state index in [1.165, 1.54) is 16.8 Å². The maximum Gasteiger partial charge on any atom is 0.271 e. The Morgan fingerprint density at radius 2 is 1.79 bits per heavy atom. The van der Waals surface area contributed by atoms with Crippen LogP contribution in [0.2, 0.25) is 0 Å². The zero-order chi connectivity index (χ0) is 19.9. The Hall–Kier alpha value is -2.63. The molecule has 0 bridgehead atoms. The number of amides is 1. The van der Waals surface area contributed by atoms with Crippen LogP contribution in [0.5, 0.6) is 0 Å². The normalized spacial score (nSPS) is 14.2. The summed E-state index contributed by atoms with van der Waals surface area (Å²) in [5, 5.41) is 2.90. The number of unbranched alkanes of at least 4 members (excludes halogenated alkanes) is 2. The van der Waals surface area contributed by atoms with Gasteiger partial charge in [-0.25, -0.2) is 9.97 Å². The predicted octanol–water partition coefficient (Wildman–Crippen LogP) is 3.34. The minimum Gasteiger partial charge on any atom is -0.368 e. The molecule has 1 aromatic heterocycles. The van der Waals surface area contributed by atoms with E-state index in [9.17, 15) is 4.79 Å². The molecule has 150 valence electrons. The molecule has 28 heavy (non-hydrogen) atoms. The lowest BCUT2D eigenvalue weighted by Gasteiger charge is -2.37. The lowest BCUT2D eigenvalue weighted by Crippen LogP contribution is -2.47. The topological polar surface area (TPSA) is 61.4 Å². The fourth-order valence-electron chi connectivity index (χ4n) is 3.52. The Morgan fingerprint density at radius 1 is 1.04 bits per heavy atom. The van der Waals surface area contributed by atoms with Gasteiger partial charge >= 0.3 is 0 Å². The summed E-state index contributed by atoms with van der Waals surface area (Å²) in [6, 6.07) is 6.49. The first kappa shape index (κ1) is 20.1. The number of piperazine rings is 1. The second kappa shape index (κ2) is 9.53. The molecule has 1 aliphatic heterocycles. The van der Waals surface area contributed by atoms with Crippen LogP contribution in [-0.2, 0) is 0 Å². The van der Waals surface area contributed by atoms with E-state index in [0.29, 0.717) is 12.2 Å². The molecule has 0 aliphatic carbocycles.